The van der Waals surface area contributed by atoms with Crippen LogP contribution in [0.15, 0.2) is 11.4 Å². The lowest BCUT2D eigenvalue weighted by Crippen LogP contribution is -2.59. The summed E-state index contributed by atoms with van der Waals surface area (Å²) in [5, 5.41) is 11.5. The Morgan fingerprint density at radius 1 is 1.39 bits per heavy atom. The number of hydrogen-bond acceptors (Lipinski definition) is 6. The Morgan fingerprint density at radius 3 is 2.61 bits per heavy atom. The van der Waals surface area contributed by atoms with Gasteiger partial charge < -0.3 is 19.5 Å². The fraction of sp³-hybridized carbons (Fsp3) is 0.625. The van der Waals surface area contributed by atoms with E-state index >= 15 is 0 Å². The number of nitrogens with zero attached hydrogens (tertiary/aromatic N) is 1. The summed E-state index contributed by atoms with van der Waals surface area (Å²) in [6.07, 6.45) is -1.05. The van der Waals surface area contributed by atoms with E-state index in [0.29, 0.717) is 6.54 Å². The van der Waals surface area contributed by atoms with E-state index in [9.17, 15) is 14.7 Å². The van der Waals surface area contributed by atoms with E-state index in [0.717, 1.165) is 0 Å². The van der Waals surface area contributed by atoms with Crippen molar-refractivity contribution in [2.75, 3.05) is 13.2 Å². The van der Waals surface area contributed by atoms with Crippen LogP contribution < -0.4 is 0 Å². The van der Waals surface area contributed by atoms with Crippen molar-refractivity contribution in [3.8, 4) is 5.75 Å². The lowest BCUT2D eigenvalue weighted by Gasteiger charge is -2.42. The molecule has 2 atom stereocenters. The lowest BCUT2D eigenvalue weighted by atomic mass is 9.94. The molecule has 1 fully saturated rings. The minimum absolute atomic E-state index is 0.00562. The monoisotopic (exact) mass is 341 g/mol. The summed E-state index contributed by atoms with van der Waals surface area (Å²) < 4.78 is 10.9. The van der Waals surface area contributed by atoms with Gasteiger partial charge in [0, 0.05) is 6.54 Å². The van der Waals surface area contributed by atoms with Crippen LogP contribution >= 0.6 is 11.3 Å². The van der Waals surface area contributed by atoms with Crippen LogP contribution in [0.2, 0.25) is 0 Å². The molecule has 1 aliphatic heterocycles. The van der Waals surface area contributed by atoms with Gasteiger partial charge in [-0.1, -0.05) is 13.8 Å². The topological polar surface area (TPSA) is 76.1 Å². The Bertz CT molecular complexity index is 569. The number of esters is 1. The Morgan fingerprint density at radius 2 is 2.09 bits per heavy atom. The molecule has 7 heteroatoms. The minimum Gasteiger partial charge on any atom is -0.506 e. The van der Waals surface area contributed by atoms with Crippen molar-refractivity contribution < 1.29 is 24.2 Å². The van der Waals surface area contributed by atoms with Crippen LogP contribution in [0.4, 0.5) is 0 Å². The number of thiophene rings is 1. The summed E-state index contributed by atoms with van der Waals surface area (Å²) in [4.78, 5) is 27.0. The van der Waals surface area contributed by atoms with Crippen LogP contribution in [0, 0.1) is 5.92 Å². The standard InChI is InChI=1S/C16H23NO5S/c1-9(2)12-13(16(20)22-10(3)4)21-7-6-17(12)15(19)14-11(18)5-8-23-14/h5,8-10,12-13,18H,6-7H2,1-4H3. The van der Waals surface area contributed by atoms with Gasteiger partial charge >= 0.3 is 5.97 Å². The number of morpholine rings is 1. The number of rotatable bonds is 4. The lowest BCUT2D eigenvalue weighted by molar-refractivity contribution is -0.172. The highest BCUT2D eigenvalue weighted by Gasteiger charge is 2.43. The van der Waals surface area contributed by atoms with Crippen molar-refractivity contribution >= 4 is 23.2 Å². The number of carbonyl (C=O) groups is 2. The van der Waals surface area contributed by atoms with Gasteiger partial charge in [-0.05, 0) is 31.2 Å². The highest BCUT2D eigenvalue weighted by atomic mass is 32.1. The van der Waals surface area contributed by atoms with Crippen molar-refractivity contribution in [2.45, 2.75) is 45.9 Å². The van der Waals surface area contributed by atoms with Crippen LogP contribution in [0.25, 0.3) is 0 Å². The first kappa shape index (κ1) is 17.7. The third-order valence-corrected chi connectivity index (χ3v) is 4.56. The summed E-state index contributed by atoms with van der Waals surface area (Å²) >= 11 is 1.19. The van der Waals surface area contributed by atoms with Gasteiger partial charge in [0.1, 0.15) is 10.6 Å². The zero-order valence-electron chi connectivity index (χ0n) is 13.8. The molecule has 0 aromatic carbocycles. The number of carbonyl (C=O) groups excluding carboxylic acids is 2. The Balaban J connectivity index is 2.26. The number of amides is 1. The Kier molecular flexibility index (Phi) is 5.64. The summed E-state index contributed by atoms with van der Waals surface area (Å²) in [6, 6.07) is 1.07. The summed E-state index contributed by atoms with van der Waals surface area (Å²) in [7, 11) is 0. The fourth-order valence-electron chi connectivity index (χ4n) is 2.74. The average molecular weight is 341 g/mol. The van der Waals surface area contributed by atoms with Gasteiger partial charge in [0.15, 0.2) is 6.10 Å². The van der Waals surface area contributed by atoms with Gasteiger partial charge in [-0.3, -0.25) is 4.79 Å². The molecule has 0 radical (unpaired) electrons. The summed E-state index contributed by atoms with van der Waals surface area (Å²) in [6.45, 7) is 8.06. The van der Waals surface area contributed by atoms with E-state index in [2.05, 4.69) is 0 Å². The second kappa shape index (κ2) is 7.31. The quantitative estimate of drug-likeness (QED) is 0.850. The van der Waals surface area contributed by atoms with Crippen molar-refractivity contribution in [3.05, 3.63) is 16.3 Å². The maximum absolute atomic E-state index is 12.8. The van der Waals surface area contributed by atoms with Crippen LogP contribution in [-0.4, -0.2) is 53.3 Å². The Labute approximate surface area is 140 Å². The molecule has 1 aromatic rings. The van der Waals surface area contributed by atoms with Gasteiger partial charge in [0.25, 0.3) is 5.91 Å². The SMILES string of the molecule is CC(C)OC(=O)C1OCCN(C(=O)c2sccc2O)C1C(C)C. The molecular formula is C16H23NO5S. The second-order valence-corrected chi connectivity index (χ2v) is 7.06. The van der Waals surface area contributed by atoms with Crippen LogP contribution in [0.1, 0.15) is 37.4 Å². The van der Waals surface area contributed by atoms with Gasteiger partial charge in [-0.15, -0.1) is 11.3 Å². The van der Waals surface area contributed by atoms with E-state index < -0.39 is 18.1 Å². The van der Waals surface area contributed by atoms with Crippen molar-refractivity contribution in [1.29, 1.82) is 0 Å². The van der Waals surface area contributed by atoms with Crippen molar-refractivity contribution in [2.24, 2.45) is 5.92 Å². The molecule has 2 unspecified atom stereocenters. The molecular weight excluding hydrogens is 318 g/mol. The maximum Gasteiger partial charge on any atom is 0.337 e. The molecule has 0 aliphatic carbocycles. The molecule has 2 heterocycles. The third kappa shape index (κ3) is 3.84. The second-order valence-electron chi connectivity index (χ2n) is 6.15. The predicted octanol–water partition coefficient (Wildman–Crippen LogP) is 2.27. The first-order chi connectivity index (χ1) is 10.8. The number of ether oxygens (including phenoxy) is 2. The molecule has 0 saturated carbocycles. The molecule has 128 valence electrons. The van der Waals surface area contributed by atoms with Crippen LogP contribution in [0.3, 0.4) is 0 Å². The fourth-order valence-corrected chi connectivity index (χ4v) is 3.48. The molecule has 2 rings (SSSR count). The zero-order valence-corrected chi connectivity index (χ0v) is 14.6. The highest BCUT2D eigenvalue weighted by Crippen LogP contribution is 2.30. The number of hydrogen-bond donors (Lipinski definition) is 1. The Hall–Kier alpha value is -1.60. The van der Waals surface area contributed by atoms with Gasteiger partial charge in [0.05, 0.1) is 18.8 Å². The van der Waals surface area contributed by atoms with E-state index in [1.165, 1.54) is 17.4 Å². The molecule has 1 aromatic heterocycles. The maximum atomic E-state index is 12.8. The third-order valence-electron chi connectivity index (χ3n) is 3.67. The van der Waals surface area contributed by atoms with E-state index in [1.807, 2.05) is 13.8 Å². The molecule has 1 amide bonds. The van der Waals surface area contributed by atoms with Crippen molar-refractivity contribution in [3.63, 3.8) is 0 Å². The first-order valence-electron chi connectivity index (χ1n) is 7.72. The normalized spacial score (nSPS) is 21.7. The molecule has 0 bridgehead atoms. The average Bonchev–Trinajstić information content (AvgIpc) is 2.91. The van der Waals surface area contributed by atoms with Gasteiger partial charge in [0.2, 0.25) is 0 Å². The molecule has 0 spiro atoms. The summed E-state index contributed by atoms with van der Waals surface area (Å²) in [5.74, 6) is -0.755. The smallest absolute Gasteiger partial charge is 0.337 e. The van der Waals surface area contributed by atoms with E-state index in [4.69, 9.17) is 9.47 Å². The molecule has 1 N–H and O–H groups in total. The van der Waals surface area contributed by atoms with E-state index in [-0.39, 0.29) is 35.2 Å². The molecule has 6 nitrogen and oxygen atoms in total. The van der Waals surface area contributed by atoms with Gasteiger partial charge in [-0.25, -0.2) is 4.79 Å². The predicted molar refractivity (Wildman–Crippen MR) is 86.6 cm³/mol. The highest BCUT2D eigenvalue weighted by molar-refractivity contribution is 7.12. The minimum atomic E-state index is -0.808. The molecule has 23 heavy (non-hydrogen) atoms. The summed E-state index contributed by atoms with van der Waals surface area (Å²) in [5.41, 5.74) is 0. The zero-order chi connectivity index (χ0) is 17.1. The largest absolute Gasteiger partial charge is 0.506 e. The van der Waals surface area contributed by atoms with Gasteiger partial charge in [-0.2, -0.15) is 0 Å². The number of aromatic hydroxyl groups is 1. The van der Waals surface area contributed by atoms with Crippen molar-refractivity contribution in [1.82, 2.24) is 4.90 Å². The molecule has 1 saturated heterocycles. The van der Waals surface area contributed by atoms with Crippen LogP contribution in [0.5, 0.6) is 5.75 Å². The molecule has 1 aliphatic rings. The van der Waals surface area contributed by atoms with E-state index in [1.54, 1.807) is 24.1 Å². The first-order valence-corrected chi connectivity index (χ1v) is 8.60. The van der Waals surface area contributed by atoms with Crippen LogP contribution in [-0.2, 0) is 14.3 Å².